The molecule has 10 rings (SSSR count). The number of fused-ring (bicyclic) bond motifs is 7. The lowest BCUT2D eigenvalue weighted by molar-refractivity contribution is 0.669. The average molecular weight is 644 g/mol. The predicted molar refractivity (Wildman–Crippen MR) is 210 cm³/mol. The lowest BCUT2D eigenvalue weighted by Gasteiger charge is -2.28. The number of hydrogen-bond donors (Lipinski definition) is 0. The first-order valence-corrected chi connectivity index (χ1v) is 17.4. The molecule has 0 bridgehead atoms. The second kappa shape index (κ2) is 11.2. The molecule has 8 aromatic carbocycles. The van der Waals surface area contributed by atoms with Crippen molar-refractivity contribution in [2.24, 2.45) is 0 Å². The van der Waals surface area contributed by atoms with Crippen molar-refractivity contribution in [3.05, 3.63) is 176 Å². The van der Waals surface area contributed by atoms with E-state index in [-0.39, 0.29) is 0 Å². The highest BCUT2D eigenvalue weighted by Crippen LogP contribution is 2.43. The summed E-state index contributed by atoms with van der Waals surface area (Å²) in [6.07, 6.45) is 0. The van der Waals surface area contributed by atoms with E-state index < -0.39 is 0 Å². The van der Waals surface area contributed by atoms with Crippen molar-refractivity contribution in [1.29, 1.82) is 0 Å². The highest BCUT2D eigenvalue weighted by Gasteiger charge is 2.19. The molecular formula is C46H29NOS. The molecule has 2 heterocycles. The average Bonchev–Trinajstić information content (AvgIpc) is 3.72. The van der Waals surface area contributed by atoms with Crippen LogP contribution in [0.3, 0.4) is 0 Å². The Morgan fingerprint density at radius 1 is 0.388 bits per heavy atom. The van der Waals surface area contributed by atoms with Crippen molar-refractivity contribution in [2.45, 2.75) is 0 Å². The van der Waals surface area contributed by atoms with Crippen molar-refractivity contribution >= 4 is 81.3 Å². The Morgan fingerprint density at radius 2 is 1.10 bits per heavy atom. The molecule has 0 aliphatic heterocycles. The number of thiophene rings is 1. The first-order chi connectivity index (χ1) is 24.3. The van der Waals surface area contributed by atoms with Crippen LogP contribution in [0.5, 0.6) is 0 Å². The summed E-state index contributed by atoms with van der Waals surface area (Å²) >= 11 is 1.87. The Balaban J connectivity index is 1.09. The van der Waals surface area contributed by atoms with Crippen LogP contribution >= 0.6 is 11.3 Å². The number of rotatable bonds is 5. The molecule has 230 valence electrons. The van der Waals surface area contributed by atoms with Crippen LogP contribution in [0.25, 0.3) is 75.1 Å². The Labute approximate surface area is 287 Å². The van der Waals surface area contributed by atoms with E-state index >= 15 is 0 Å². The molecule has 3 heteroatoms. The Morgan fingerprint density at radius 3 is 2.00 bits per heavy atom. The van der Waals surface area contributed by atoms with Gasteiger partial charge < -0.3 is 9.32 Å². The van der Waals surface area contributed by atoms with Gasteiger partial charge in [0.05, 0.1) is 5.69 Å². The monoisotopic (exact) mass is 643 g/mol. The quantitative estimate of drug-likeness (QED) is 0.186. The summed E-state index contributed by atoms with van der Waals surface area (Å²) in [5.74, 6) is 0. The van der Waals surface area contributed by atoms with Crippen molar-refractivity contribution in [3.63, 3.8) is 0 Å². The number of furan rings is 1. The van der Waals surface area contributed by atoms with E-state index in [2.05, 4.69) is 169 Å². The van der Waals surface area contributed by atoms with Crippen LogP contribution in [0, 0.1) is 0 Å². The first kappa shape index (κ1) is 27.9. The van der Waals surface area contributed by atoms with Gasteiger partial charge >= 0.3 is 0 Å². The van der Waals surface area contributed by atoms with Gasteiger partial charge in [0.2, 0.25) is 0 Å². The molecule has 0 aliphatic rings. The first-order valence-electron chi connectivity index (χ1n) is 16.6. The molecule has 2 nitrogen and oxygen atoms in total. The van der Waals surface area contributed by atoms with Gasteiger partial charge in [0.15, 0.2) is 0 Å². The Bertz CT molecular complexity index is 2830. The number of hydrogen-bond acceptors (Lipinski definition) is 3. The largest absolute Gasteiger partial charge is 0.456 e. The third kappa shape index (κ3) is 4.70. The summed E-state index contributed by atoms with van der Waals surface area (Å²) in [6.45, 7) is 0. The normalized spacial score (nSPS) is 11.7. The number of para-hydroxylation sites is 2. The summed E-state index contributed by atoms with van der Waals surface area (Å²) in [5, 5.41) is 7.45. The standard InChI is InChI=1S/C46H29NOS/c1-2-10-31(11-3-1)37-12-4-7-15-42(37)47(36-24-25-39-38-13-5-8-16-43(38)48-44(39)29-36)35-22-20-30(21-23-35)32-18-19-33-27-41-40-14-6-9-17-45(40)49-46(41)28-34(33)26-32/h1-29H. The minimum absolute atomic E-state index is 0.876. The zero-order valence-corrected chi connectivity index (χ0v) is 27.3. The lowest BCUT2D eigenvalue weighted by atomic mass is 9.99. The predicted octanol–water partition coefficient (Wildman–Crippen LogP) is 13.9. The van der Waals surface area contributed by atoms with Crippen molar-refractivity contribution in [3.8, 4) is 22.3 Å². The summed E-state index contributed by atoms with van der Waals surface area (Å²) in [6, 6.07) is 63.2. The fraction of sp³-hybridized carbons (Fsp3) is 0. The van der Waals surface area contributed by atoms with Gasteiger partial charge in [0.1, 0.15) is 11.2 Å². The maximum absolute atomic E-state index is 6.36. The van der Waals surface area contributed by atoms with Crippen LogP contribution in [0.2, 0.25) is 0 Å². The van der Waals surface area contributed by atoms with E-state index in [1.54, 1.807) is 0 Å². The highest BCUT2D eigenvalue weighted by atomic mass is 32.1. The number of anilines is 3. The van der Waals surface area contributed by atoms with Crippen LogP contribution in [0.4, 0.5) is 17.1 Å². The van der Waals surface area contributed by atoms with Gasteiger partial charge in [-0.05, 0) is 88.1 Å². The molecule has 0 radical (unpaired) electrons. The molecule has 0 aliphatic carbocycles. The maximum atomic E-state index is 6.36. The minimum atomic E-state index is 0.876. The molecular weight excluding hydrogens is 615 g/mol. The maximum Gasteiger partial charge on any atom is 0.137 e. The molecule has 0 saturated carbocycles. The van der Waals surface area contributed by atoms with Crippen LogP contribution in [0.15, 0.2) is 180 Å². The molecule has 0 unspecified atom stereocenters. The summed E-state index contributed by atoms with van der Waals surface area (Å²) < 4.78 is 9.02. The Hall–Kier alpha value is -6.16. The van der Waals surface area contributed by atoms with Gasteiger partial charge in [-0.1, -0.05) is 109 Å². The summed E-state index contributed by atoms with van der Waals surface area (Å²) in [5.41, 5.74) is 9.74. The zero-order valence-electron chi connectivity index (χ0n) is 26.5. The summed E-state index contributed by atoms with van der Waals surface area (Å²) in [4.78, 5) is 2.34. The third-order valence-corrected chi connectivity index (χ3v) is 10.8. The van der Waals surface area contributed by atoms with Crippen molar-refractivity contribution in [2.75, 3.05) is 4.90 Å². The zero-order chi connectivity index (χ0) is 32.3. The fourth-order valence-electron chi connectivity index (χ4n) is 7.26. The third-order valence-electron chi connectivity index (χ3n) is 9.64. The summed E-state index contributed by atoms with van der Waals surface area (Å²) in [7, 11) is 0. The van der Waals surface area contributed by atoms with E-state index in [1.807, 2.05) is 23.5 Å². The van der Waals surface area contributed by atoms with Gasteiger partial charge in [-0.3, -0.25) is 0 Å². The van der Waals surface area contributed by atoms with Gasteiger partial charge in [0, 0.05) is 53.9 Å². The lowest BCUT2D eigenvalue weighted by Crippen LogP contribution is -2.11. The topological polar surface area (TPSA) is 16.4 Å². The van der Waals surface area contributed by atoms with E-state index in [0.29, 0.717) is 0 Å². The van der Waals surface area contributed by atoms with Gasteiger partial charge in [-0.2, -0.15) is 0 Å². The smallest absolute Gasteiger partial charge is 0.137 e. The minimum Gasteiger partial charge on any atom is -0.456 e. The molecule has 0 atom stereocenters. The van der Waals surface area contributed by atoms with Crippen LogP contribution in [-0.2, 0) is 0 Å². The van der Waals surface area contributed by atoms with Crippen LogP contribution in [-0.4, -0.2) is 0 Å². The van der Waals surface area contributed by atoms with Crippen LogP contribution < -0.4 is 4.90 Å². The molecule has 0 saturated heterocycles. The molecule has 0 amide bonds. The van der Waals surface area contributed by atoms with Gasteiger partial charge in [-0.25, -0.2) is 0 Å². The molecule has 0 fully saturated rings. The van der Waals surface area contributed by atoms with Crippen molar-refractivity contribution in [1.82, 2.24) is 0 Å². The van der Waals surface area contributed by atoms with E-state index in [1.165, 1.54) is 53.2 Å². The highest BCUT2D eigenvalue weighted by molar-refractivity contribution is 7.25. The number of benzene rings is 8. The molecule has 0 spiro atoms. The van der Waals surface area contributed by atoms with E-state index in [9.17, 15) is 0 Å². The van der Waals surface area contributed by atoms with E-state index in [0.717, 1.165) is 39.0 Å². The van der Waals surface area contributed by atoms with Gasteiger partial charge in [0.25, 0.3) is 0 Å². The number of nitrogens with zero attached hydrogens (tertiary/aromatic N) is 1. The second-order valence-electron chi connectivity index (χ2n) is 12.6. The SMILES string of the molecule is c1ccc(-c2ccccc2N(c2ccc(-c3ccc4cc5c(cc4c3)sc3ccccc35)cc2)c2ccc3c(c2)oc2ccccc23)cc1. The molecule has 10 aromatic rings. The van der Waals surface area contributed by atoms with Crippen molar-refractivity contribution < 1.29 is 4.42 Å². The second-order valence-corrected chi connectivity index (χ2v) is 13.6. The van der Waals surface area contributed by atoms with Gasteiger partial charge in [-0.15, -0.1) is 11.3 Å². The molecule has 0 N–H and O–H groups in total. The Kier molecular flexibility index (Phi) is 6.39. The fourth-order valence-corrected chi connectivity index (χ4v) is 8.40. The van der Waals surface area contributed by atoms with E-state index in [4.69, 9.17) is 4.42 Å². The molecule has 49 heavy (non-hydrogen) atoms. The molecule has 2 aromatic heterocycles. The van der Waals surface area contributed by atoms with Crippen LogP contribution in [0.1, 0.15) is 0 Å².